The molecule has 1 aromatic heterocycles. The molecular weight excluding hydrogens is 470 g/mol. The molecular formula is C25H25N3O6S. The molecule has 2 N–H and O–H groups in total. The highest BCUT2D eigenvalue weighted by atomic mass is 32.2. The molecule has 0 saturated heterocycles. The molecule has 3 rings (SSSR count). The van der Waals surface area contributed by atoms with Crippen molar-refractivity contribution in [3.8, 4) is 0 Å². The van der Waals surface area contributed by atoms with Crippen molar-refractivity contribution in [3.63, 3.8) is 0 Å². The molecule has 9 nitrogen and oxygen atoms in total. The van der Waals surface area contributed by atoms with Gasteiger partial charge in [0, 0.05) is 25.2 Å². The first-order chi connectivity index (χ1) is 16.7. The lowest BCUT2D eigenvalue weighted by atomic mass is 10.1. The first kappa shape index (κ1) is 25.6. The zero-order valence-electron chi connectivity index (χ0n) is 19.1. The molecule has 0 aliphatic carbocycles. The standard InChI is InChI=1S/C25H25N3O6S/c1-18(29)34-17-22-12-9-21(16-27-22)25(31)28-35(32,33)23-13-10-20(11-14-23)24(30)26-15-5-8-19-6-3-2-4-7-19/h2-4,6-7,9-14,16H,5,8,15,17H2,1H3,(H,26,30)(H,28,31). The number of nitrogens with zero attached hydrogens (tertiary/aromatic N) is 1. The van der Waals surface area contributed by atoms with Crippen LogP contribution in [0.15, 0.2) is 77.8 Å². The van der Waals surface area contributed by atoms with Crippen LogP contribution in [0.5, 0.6) is 0 Å². The van der Waals surface area contributed by atoms with Crippen LogP contribution in [0, 0.1) is 0 Å². The maximum Gasteiger partial charge on any atom is 0.303 e. The number of ether oxygens (including phenoxy) is 1. The van der Waals surface area contributed by atoms with Gasteiger partial charge >= 0.3 is 5.97 Å². The molecule has 0 spiro atoms. The van der Waals surface area contributed by atoms with E-state index in [2.05, 4.69) is 10.3 Å². The molecule has 0 fully saturated rings. The van der Waals surface area contributed by atoms with Crippen LogP contribution in [0.2, 0.25) is 0 Å². The Hall–Kier alpha value is -4.05. The van der Waals surface area contributed by atoms with Crippen molar-refractivity contribution >= 4 is 27.8 Å². The van der Waals surface area contributed by atoms with Gasteiger partial charge in [-0.1, -0.05) is 30.3 Å². The van der Waals surface area contributed by atoms with E-state index >= 15 is 0 Å². The number of sulfonamides is 1. The molecule has 35 heavy (non-hydrogen) atoms. The zero-order chi connectivity index (χ0) is 25.3. The molecule has 0 radical (unpaired) electrons. The minimum Gasteiger partial charge on any atom is -0.459 e. The second-order valence-corrected chi connectivity index (χ2v) is 9.30. The smallest absolute Gasteiger partial charge is 0.303 e. The van der Waals surface area contributed by atoms with Gasteiger partial charge in [-0.3, -0.25) is 19.4 Å². The lowest BCUT2D eigenvalue weighted by Gasteiger charge is -2.09. The van der Waals surface area contributed by atoms with Gasteiger partial charge in [-0.25, -0.2) is 13.1 Å². The Morgan fingerprint density at radius 3 is 2.20 bits per heavy atom. The van der Waals surface area contributed by atoms with E-state index < -0.39 is 21.9 Å². The summed E-state index contributed by atoms with van der Waals surface area (Å²) < 4.78 is 31.9. The minimum atomic E-state index is -4.16. The normalized spacial score (nSPS) is 10.9. The maximum absolute atomic E-state index is 12.6. The van der Waals surface area contributed by atoms with Gasteiger partial charge in [0.15, 0.2) is 0 Å². The van der Waals surface area contributed by atoms with E-state index in [1.807, 2.05) is 35.1 Å². The van der Waals surface area contributed by atoms with Crippen LogP contribution in [0.1, 0.15) is 45.3 Å². The van der Waals surface area contributed by atoms with Gasteiger partial charge in [0.1, 0.15) is 6.61 Å². The Morgan fingerprint density at radius 1 is 0.886 bits per heavy atom. The second kappa shape index (κ2) is 11.9. The van der Waals surface area contributed by atoms with Gasteiger partial charge in [0.25, 0.3) is 21.8 Å². The number of amides is 2. The molecule has 3 aromatic rings. The highest BCUT2D eigenvalue weighted by Crippen LogP contribution is 2.12. The minimum absolute atomic E-state index is 0.0200. The number of benzene rings is 2. The maximum atomic E-state index is 12.6. The first-order valence-electron chi connectivity index (χ1n) is 10.8. The highest BCUT2D eigenvalue weighted by molar-refractivity contribution is 7.90. The lowest BCUT2D eigenvalue weighted by Crippen LogP contribution is -2.31. The van der Waals surface area contributed by atoms with Crippen LogP contribution in [0.4, 0.5) is 0 Å². The SMILES string of the molecule is CC(=O)OCc1ccc(C(=O)NS(=O)(=O)c2ccc(C(=O)NCCCc3ccccc3)cc2)cn1. The van der Waals surface area contributed by atoms with Crippen molar-refractivity contribution in [2.24, 2.45) is 0 Å². The monoisotopic (exact) mass is 495 g/mol. The van der Waals surface area contributed by atoms with Crippen molar-refractivity contribution in [3.05, 3.63) is 95.3 Å². The summed E-state index contributed by atoms with van der Waals surface area (Å²) in [7, 11) is -4.16. The van der Waals surface area contributed by atoms with Crippen molar-refractivity contribution in [2.75, 3.05) is 6.54 Å². The third-order valence-corrected chi connectivity index (χ3v) is 6.28. The number of aryl methyl sites for hydroxylation is 1. The average Bonchev–Trinajstić information content (AvgIpc) is 2.86. The second-order valence-electron chi connectivity index (χ2n) is 7.62. The third kappa shape index (κ3) is 7.75. The number of nitrogens with one attached hydrogen (secondary N) is 2. The summed E-state index contributed by atoms with van der Waals surface area (Å²) >= 11 is 0. The lowest BCUT2D eigenvalue weighted by molar-refractivity contribution is -0.142. The zero-order valence-corrected chi connectivity index (χ0v) is 19.9. The van der Waals surface area contributed by atoms with Crippen molar-refractivity contribution in [2.45, 2.75) is 31.3 Å². The molecule has 1 heterocycles. The van der Waals surface area contributed by atoms with Crippen molar-refractivity contribution < 1.29 is 27.5 Å². The van der Waals surface area contributed by atoms with E-state index in [0.717, 1.165) is 12.8 Å². The summed E-state index contributed by atoms with van der Waals surface area (Å²) in [6.45, 7) is 1.69. The van der Waals surface area contributed by atoms with E-state index in [9.17, 15) is 22.8 Å². The predicted octanol–water partition coefficient (Wildman–Crippen LogP) is 2.63. The highest BCUT2D eigenvalue weighted by Gasteiger charge is 2.19. The molecule has 0 aliphatic rings. The van der Waals surface area contributed by atoms with Crippen LogP contribution >= 0.6 is 0 Å². The van der Waals surface area contributed by atoms with Gasteiger partial charge < -0.3 is 10.1 Å². The number of carbonyl (C=O) groups excluding carboxylic acids is 3. The molecule has 2 amide bonds. The van der Waals surface area contributed by atoms with Crippen molar-refractivity contribution in [1.82, 2.24) is 15.0 Å². The molecule has 0 unspecified atom stereocenters. The van der Waals surface area contributed by atoms with Gasteiger partial charge in [0.05, 0.1) is 16.2 Å². The summed E-state index contributed by atoms with van der Waals surface area (Å²) in [6, 6.07) is 18.1. The largest absolute Gasteiger partial charge is 0.459 e. The van der Waals surface area contributed by atoms with E-state index in [-0.39, 0.29) is 23.0 Å². The van der Waals surface area contributed by atoms with Gasteiger partial charge in [-0.05, 0) is 54.8 Å². The Morgan fingerprint density at radius 2 is 1.57 bits per heavy atom. The molecule has 2 aromatic carbocycles. The Bertz CT molecular complexity index is 1280. The number of carbonyl (C=O) groups is 3. The summed E-state index contributed by atoms with van der Waals surface area (Å²) in [5.41, 5.74) is 1.93. The van der Waals surface area contributed by atoms with Crippen molar-refractivity contribution in [1.29, 1.82) is 0 Å². The fraction of sp³-hybridized carbons (Fsp3) is 0.200. The molecule has 0 bridgehead atoms. The van der Waals surface area contributed by atoms with E-state index in [4.69, 9.17) is 4.74 Å². The topological polar surface area (TPSA) is 132 Å². The number of hydrogen-bond donors (Lipinski definition) is 2. The predicted molar refractivity (Wildman–Crippen MR) is 128 cm³/mol. The molecule has 0 saturated carbocycles. The van der Waals surface area contributed by atoms with Gasteiger partial charge in [-0.15, -0.1) is 0 Å². The molecule has 182 valence electrons. The Labute approximate surface area is 203 Å². The quantitative estimate of drug-likeness (QED) is 0.326. The Balaban J connectivity index is 1.52. The number of hydrogen-bond acceptors (Lipinski definition) is 7. The Kier molecular flexibility index (Phi) is 8.69. The van der Waals surface area contributed by atoms with E-state index in [1.54, 1.807) is 0 Å². The summed E-state index contributed by atoms with van der Waals surface area (Å²) in [5.74, 6) is -1.64. The molecule has 10 heteroatoms. The van der Waals surface area contributed by atoms with Crippen LogP contribution in [0.25, 0.3) is 0 Å². The fourth-order valence-corrected chi connectivity index (χ4v) is 4.06. The summed E-state index contributed by atoms with van der Waals surface area (Å²) in [5, 5.41) is 2.81. The number of pyridine rings is 1. The van der Waals surface area contributed by atoms with Crippen LogP contribution < -0.4 is 10.0 Å². The van der Waals surface area contributed by atoms with E-state index in [0.29, 0.717) is 17.8 Å². The first-order valence-corrected chi connectivity index (χ1v) is 12.3. The fourth-order valence-electron chi connectivity index (χ4n) is 3.09. The van der Waals surface area contributed by atoms with Crippen LogP contribution in [0.3, 0.4) is 0 Å². The van der Waals surface area contributed by atoms with Crippen LogP contribution in [-0.4, -0.2) is 37.7 Å². The molecule has 0 atom stereocenters. The average molecular weight is 496 g/mol. The van der Waals surface area contributed by atoms with Gasteiger partial charge in [-0.2, -0.15) is 0 Å². The third-order valence-electron chi connectivity index (χ3n) is 4.93. The number of aromatic nitrogens is 1. The van der Waals surface area contributed by atoms with Crippen LogP contribution in [-0.2, 0) is 32.6 Å². The summed E-state index contributed by atoms with van der Waals surface area (Å²) in [6.07, 6.45) is 2.80. The number of esters is 1. The number of rotatable bonds is 10. The van der Waals surface area contributed by atoms with E-state index in [1.165, 1.54) is 55.1 Å². The van der Waals surface area contributed by atoms with Gasteiger partial charge in [0.2, 0.25) is 0 Å². The summed E-state index contributed by atoms with van der Waals surface area (Å²) in [4.78, 5) is 39.3. The molecule has 0 aliphatic heterocycles.